The molecular formula is C16H21N3O5S. The number of carboxylic acid groups (broad SMARTS) is 1. The van der Waals surface area contributed by atoms with Gasteiger partial charge in [0.05, 0.1) is 25.6 Å². The number of rotatable bonds is 9. The van der Waals surface area contributed by atoms with Gasteiger partial charge in [-0.25, -0.2) is 0 Å². The van der Waals surface area contributed by atoms with Crippen LogP contribution >= 0.6 is 11.8 Å². The van der Waals surface area contributed by atoms with E-state index in [-0.39, 0.29) is 25.4 Å². The summed E-state index contributed by atoms with van der Waals surface area (Å²) >= 11 is 1.55. The Morgan fingerprint density at radius 1 is 1.04 bits per heavy atom. The van der Waals surface area contributed by atoms with Crippen molar-refractivity contribution in [2.45, 2.75) is 24.3 Å². The molecule has 9 heteroatoms. The highest BCUT2D eigenvalue weighted by Crippen LogP contribution is 2.21. The van der Waals surface area contributed by atoms with Gasteiger partial charge in [-0.15, -0.1) is 11.8 Å². The van der Waals surface area contributed by atoms with Crippen LogP contribution in [0, 0.1) is 0 Å². The molecule has 1 atom stereocenters. The maximum atomic E-state index is 12.0. The lowest BCUT2D eigenvalue weighted by Crippen LogP contribution is -2.42. The second-order valence-corrected chi connectivity index (χ2v) is 6.06. The van der Waals surface area contributed by atoms with Crippen molar-refractivity contribution in [2.75, 3.05) is 19.3 Å². The molecule has 0 heterocycles. The molecule has 3 amide bonds. The first-order chi connectivity index (χ1) is 11.8. The molecule has 8 nitrogen and oxygen atoms in total. The fourth-order valence-corrected chi connectivity index (χ4v) is 2.36. The third-order valence-electron chi connectivity index (χ3n) is 3.18. The molecule has 0 bridgehead atoms. The first-order valence-corrected chi connectivity index (χ1v) is 8.70. The molecule has 25 heavy (non-hydrogen) atoms. The summed E-state index contributed by atoms with van der Waals surface area (Å²) in [7, 11) is 0. The Balaban J connectivity index is 2.61. The molecular weight excluding hydrogens is 346 g/mol. The lowest BCUT2D eigenvalue weighted by atomic mass is 10.0. The zero-order chi connectivity index (χ0) is 18.8. The quantitative estimate of drug-likeness (QED) is 0.465. The maximum absolute atomic E-state index is 12.0. The number of carbonyl (C=O) groups excluding carboxylic acids is 3. The van der Waals surface area contributed by atoms with Crippen LogP contribution < -0.4 is 16.0 Å². The van der Waals surface area contributed by atoms with Crippen molar-refractivity contribution in [2.24, 2.45) is 0 Å². The fourth-order valence-electron chi connectivity index (χ4n) is 1.95. The Bertz CT molecular complexity index is 633. The molecule has 1 rings (SSSR count). The van der Waals surface area contributed by atoms with Crippen molar-refractivity contribution in [3.8, 4) is 0 Å². The molecule has 4 N–H and O–H groups in total. The van der Waals surface area contributed by atoms with Gasteiger partial charge < -0.3 is 21.1 Å². The van der Waals surface area contributed by atoms with Gasteiger partial charge in [0.15, 0.2) is 0 Å². The second-order valence-electron chi connectivity index (χ2n) is 5.18. The molecule has 0 aliphatic heterocycles. The van der Waals surface area contributed by atoms with Gasteiger partial charge in [-0.05, 0) is 24.0 Å². The van der Waals surface area contributed by atoms with Crippen molar-refractivity contribution in [1.82, 2.24) is 16.0 Å². The second kappa shape index (κ2) is 10.3. The van der Waals surface area contributed by atoms with Crippen LogP contribution in [-0.4, -0.2) is 48.1 Å². The first kappa shape index (κ1) is 20.5. The van der Waals surface area contributed by atoms with E-state index in [1.807, 2.05) is 18.4 Å². The minimum absolute atomic E-state index is 0.225. The number of amides is 3. The first-order valence-electron chi connectivity index (χ1n) is 7.48. The van der Waals surface area contributed by atoms with Crippen LogP contribution in [0.15, 0.2) is 29.2 Å². The van der Waals surface area contributed by atoms with Gasteiger partial charge in [0.25, 0.3) is 0 Å². The Labute approximate surface area is 149 Å². The highest BCUT2D eigenvalue weighted by Gasteiger charge is 2.18. The number of nitrogens with one attached hydrogen (secondary N) is 3. The molecule has 1 aromatic rings. The Kier molecular flexibility index (Phi) is 8.48. The smallest absolute Gasteiger partial charge is 0.305 e. The van der Waals surface area contributed by atoms with E-state index in [0.717, 1.165) is 4.90 Å². The van der Waals surface area contributed by atoms with Gasteiger partial charge in [0.1, 0.15) is 0 Å². The molecule has 0 fully saturated rings. The molecule has 0 spiro atoms. The number of thioether (sulfide) groups is 1. The van der Waals surface area contributed by atoms with Crippen molar-refractivity contribution < 1.29 is 24.3 Å². The van der Waals surface area contributed by atoms with Gasteiger partial charge in [-0.3, -0.25) is 19.2 Å². The average Bonchev–Trinajstić information content (AvgIpc) is 2.57. The number of carbonyl (C=O) groups is 4. The van der Waals surface area contributed by atoms with Crippen molar-refractivity contribution in [1.29, 1.82) is 0 Å². The number of benzene rings is 1. The minimum atomic E-state index is -1.05. The van der Waals surface area contributed by atoms with E-state index >= 15 is 0 Å². The monoisotopic (exact) mass is 367 g/mol. The summed E-state index contributed by atoms with van der Waals surface area (Å²) < 4.78 is 0. The van der Waals surface area contributed by atoms with Crippen LogP contribution in [0.5, 0.6) is 0 Å². The fraction of sp³-hybridized carbons (Fsp3) is 0.375. The van der Waals surface area contributed by atoms with Crippen LogP contribution in [-0.2, 0) is 19.2 Å². The largest absolute Gasteiger partial charge is 0.481 e. The molecule has 0 aliphatic rings. The van der Waals surface area contributed by atoms with E-state index in [1.54, 1.807) is 23.9 Å². The van der Waals surface area contributed by atoms with Crippen molar-refractivity contribution >= 4 is 35.5 Å². The summed E-state index contributed by atoms with van der Waals surface area (Å²) in [6.07, 6.45) is 1.65. The van der Waals surface area contributed by atoms with Gasteiger partial charge in [-0.2, -0.15) is 0 Å². The van der Waals surface area contributed by atoms with E-state index in [4.69, 9.17) is 5.11 Å². The van der Waals surface area contributed by atoms with E-state index < -0.39 is 23.8 Å². The zero-order valence-corrected chi connectivity index (χ0v) is 14.8. The molecule has 0 radical (unpaired) electrons. The van der Waals surface area contributed by atoms with Crippen LogP contribution in [0.3, 0.4) is 0 Å². The van der Waals surface area contributed by atoms with Gasteiger partial charge in [0.2, 0.25) is 17.7 Å². The normalized spacial score (nSPS) is 11.3. The highest BCUT2D eigenvalue weighted by molar-refractivity contribution is 7.98. The molecule has 0 aliphatic carbocycles. The zero-order valence-electron chi connectivity index (χ0n) is 14.0. The van der Waals surface area contributed by atoms with Crippen LogP contribution in [0.25, 0.3) is 0 Å². The Morgan fingerprint density at radius 3 is 2.16 bits per heavy atom. The molecule has 0 saturated heterocycles. The summed E-state index contributed by atoms with van der Waals surface area (Å²) in [6.45, 7) is 0.744. The van der Waals surface area contributed by atoms with Gasteiger partial charge >= 0.3 is 5.97 Å². The summed E-state index contributed by atoms with van der Waals surface area (Å²) in [5.74, 6) is -2.43. The molecule has 0 saturated carbocycles. The minimum Gasteiger partial charge on any atom is -0.481 e. The summed E-state index contributed by atoms with van der Waals surface area (Å²) in [6, 6.07) is 6.50. The summed E-state index contributed by atoms with van der Waals surface area (Å²) in [5.41, 5.74) is 0.665. The van der Waals surface area contributed by atoms with Gasteiger partial charge in [0, 0.05) is 11.8 Å². The van der Waals surface area contributed by atoms with Gasteiger partial charge in [-0.1, -0.05) is 12.1 Å². The lowest BCUT2D eigenvalue weighted by Gasteiger charge is -2.18. The van der Waals surface area contributed by atoms with E-state index in [9.17, 15) is 19.2 Å². The third kappa shape index (κ3) is 8.20. The van der Waals surface area contributed by atoms with E-state index in [2.05, 4.69) is 16.0 Å². The predicted molar refractivity (Wildman–Crippen MR) is 93.1 cm³/mol. The molecule has 1 aromatic carbocycles. The number of aliphatic carboxylic acids is 1. The maximum Gasteiger partial charge on any atom is 0.305 e. The van der Waals surface area contributed by atoms with Crippen molar-refractivity contribution in [3.05, 3.63) is 29.8 Å². The van der Waals surface area contributed by atoms with Crippen LogP contribution in [0.4, 0.5) is 0 Å². The lowest BCUT2D eigenvalue weighted by molar-refractivity contribution is -0.138. The topological polar surface area (TPSA) is 125 Å². The van der Waals surface area contributed by atoms with E-state index in [1.165, 1.54) is 6.92 Å². The number of carboxylic acids is 1. The third-order valence-corrected chi connectivity index (χ3v) is 3.92. The Hall–Kier alpha value is -2.55. The molecule has 1 unspecified atom stereocenters. The predicted octanol–water partition coefficient (Wildman–Crippen LogP) is 0.293. The number of hydrogen-bond donors (Lipinski definition) is 4. The van der Waals surface area contributed by atoms with E-state index in [0.29, 0.717) is 5.56 Å². The molecule has 0 aromatic heterocycles. The SMILES string of the molecule is CSc1ccc(C(CC(=O)O)NC(=O)CNC(=O)CNC(C)=O)cc1. The number of hydrogen-bond acceptors (Lipinski definition) is 5. The van der Waals surface area contributed by atoms with Crippen LogP contribution in [0.1, 0.15) is 24.9 Å². The van der Waals surface area contributed by atoms with Crippen LogP contribution in [0.2, 0.25) is 0 Å². The summed E-state index contributed by atoms with van der Waals surface area (Å²) in [4.78, 5) is 46.2. The summed E-state index contributed by atoms with van der Waals surface area (Å²) in [5, 5.41) is 16.3. The average molecular weight is 367 g/mol. The van der Waals surface area contributed by atoms with Crippen molar-refractivity contribution in [3.63, 3.8) is 0 Å². The molecule has 136 valence electrons. The highest BCUT2D eigenvalue weighted by atomic mass is 32.2. The standard InChI is InChI=1S/C16H21N3O5S/c1-10(20)17-8-14(21)18-9-15(22)19-13(7-16(23)24)11-3-5-12(25-2)6-4-11/h3-6,13H,7-9H2,1-2H3,(H,17,20)(H,18,21)(H,19,22)(H,23,24). The Morgan fingerprint density at radius 2 is 1.64 bits per heavy atom.